The molecule has 0 heterocycles. The third-order valence-corrected chi connectivity index (χ3v) is 4.64. The van der Waals surface area contributed by atoms with Crippen molar-refractivity contribution >= 4 is 0 Å². The van der Waals surface area contributed by atoms with Crippen molar-refractivity contribution in [2.45, 2.75) is 96.1 Å². The van der Waals surface area contributed by atoms with E-state index in [9.17, 15) is 0 Å². The first kappa shape index (κ1) is 21.8. The van der Waals surface area contributed by atoms with Crippen molar-refractivity contribution in [1.29, 1.82) is 0 Å². The van der Waals surface area contributed by atoms with Gasteiger partial charge in [-0.3, -0.25) is 0 Å². The predicted octanol–water partition coefficient (Wildman–Crippen LogP) is 3.29. The van der Waals surface area contributed by atoms with Crippen LogP contribution in [0, 0.1) is 5.92 Å². The Morgan fingerprint density at radius 2 is 1.23 bits per heavy atom. The first-order valence-electron chi connectivity index (χ1n) is 9.38. The van der Waals surface area contributed by atoms with E-state index in [1.54, 1.807) is 0 Å². The fourth-order valence-electron chi connectivity index (χ4n) is 3.09. The average Bonchev–Trinajstić information content (AvgIpc) is 2.49. The van der Waals surface area contributed by atoms with Gasteiger partial charge < -0.3 is 21.7 Å². The Morgan fingerprint density at radius 1 is 0.727 bits per heavy atom. The van der Waals surface area contributed by atoms with Crippen molar-refractivity contribution in [3.05, 3.63) is 0 Å². The molecule has 22 heavy (non-hydrogen) atoms. The number of aliphatic hydroxyl groups excluding tert-OH is 2. The van der Waals surface area contributed by atoms with Gasteiger partial charge in [-0.25, -0.2) is 0 Å². The van der Waals surface area contributed by atoms with Crippen LogP contribution in [0.1, 0.15) is 90.4 Å². The summed E-state index contributed by atoms with van der Waals surface area (Å²) in [5.74, 6) is 0.402. The van der Waals surface area contributed by atoms with E-state index < -0.39 is 5.66 Å². The van der Waals surface area contributed by atoms with Crippen LogP contribution in [-0.4, -0.2) is 29.1 Å². The van der Waals surface area contributed by atoms with Gasteiger partial charge in [0.2, 0.25) is 0 Å². The Bertz CT molecular complexity index is 235. The second-order valence-electron chi connectivity index (χ2n) is 6.77. The second kappa shape index (κ2) is 14.4. The lowest BCUT2D eigenvalue weighted by atomic mass is 9.81. The van der Waals surface area contributed by atoms with Crippen LogP contribution < -0.4 is 11.5 Å². The highest BCUT2D eigenvalue weighted by atomic mass is 16.3. The largest absolute Gasteiger partial charge is 0.396 e. The highest BCUT2D eigenvalue weighted by Crippen LogP contribution is 2.27. The number of rotatable bonds is 16. The molecule has 0 saturated heterocycles. The molecule has 0 radical (unpaired) electrons. The number of aliphatic hydroxyl groups is 2. The molecule has 0 aromatic heterocycles. The second-order valence-corrected chi connectivity index (χ2v) is 6.77. The fraction of sp³-hybridized carbons (Fsp3) is 1.00. The SMILES string of the molecule is CCCCC(CCCCCCO)C(N)(N)CCCCCCO. The molecule has 0 fully saturated rings. The zero-order chi connectivity index (χ0) is 16.7. The van der Waals surface area contributed by atoms with Crippen LogP contribution in [-0.2, 0) is 0 Å². The van der Waals surface area contributed by atoms with Gasteiger partial charge in [-0.15, -0.1) is 0 Å². The van der Waals surface area contributed by atoms with E-state index in [0.29, 0.717) is 12.5 Å². The maximum atomic E-state index is 8.82. The Labute approximate surface area is 137 Å². The molecule has 1 atom stereocenters. The number of unbranched alkanes of at least 4 members (excludes halogenated alkanes) is 7. The van der Waals surface area contributed by atoms with Gasteiger partial charge in [-0.1, -0.05) is 58.3 Å². The fourth-order valence-corrected chi connectivity index (χ4v) is 3.09. The predicted molar refractivity (Wildman–Crippen MR) is 94.5 cm³/mol. The van der Waals surface area contributed by atoms with Crippen LogP contribution in [0.3, 0.4) is 0 Å². The van der Waals surface area contributed by atoms with Gasteiger partial charge in [0.25, 0.3) is 0 Å². The summed E-state index contributed by atoms with van der Waals surface area (Å²) in [6.07, 6.45) is 13.9. The molecule has 0 amide bonds. The highest BCUT2D eigenvalue weighted by Gasteiger charge is 2.29. The molecule has 6 N–H and O–H groups in total. The normalized spacial score (nSPS) is 13.5. The Balaban J connectivity index is 4.12. The molecule has 0 spiro atoms. The van der Waals surface area contributed by atoms with E-state index in [-0.39, 0.29) is 6.61 Å². The minimum absolute atomic E-state index is 0.281. The van der Waals surface area contributed by atoms with Gasteiger partial charge in [0.1, 0.15) is 0 Å². The zero-order valence-corrected chi connectivity index (χ0v) is 14.7. The monoisotopic (exact) mass is 316 g/mol. The molecule has 0 aromatic rings. The lowest BCUT2D eigenvalue weighted by Crippen LogP contribution is -2.55. The summed E-state index contributed by atoms with van der Waals surface area (Å²) in [6.45, 7) is 2.79. The van der Waals surface area contributed by atoms with Gasteiger partial charge in [-0.2, -0.15) is 0 Å². The van der Waals surface area contributed by atoms with E-state index in [1.807, 2.05) is 0 Å². The molecule has 4 nitrogen and oxygen atoms in total. The standard InChI is InChI=1S/C18H40N2O2/c1-2-3-12-17(13-8-4-6-10-15-21)18(19,20)14-9-5-7-11-16-22/h17,21-22H,2-16,19-20H2,1H3. The Kier molecular flexibility index (Phi) is 14.3. The molecule has 0 aliphatic carbocycles. The molecule has 134 valence electrons. The summed E-state index contributed by atoms with van der Waals surface area (Å²) in [7, 11) is 0. The van der Waals surface area contributed by atoms with Gasteiger partial charge in [0, 0.05) is 13.2 Å². The minimum Gasteiger partial charge on any atom is -0.396 e. The molecule has 0 rings (SSSR count). The summed E-state index contributed by atoms with van der Waals surface area (Å²) in [6, 6.07) is 0. The number of hydrogen-bond donors (Lipinski definition) is 4. The number of nitrogens with two attached hydrogens (primary N) is 2. The molecule has 1 unspecified atom stereocenters. The van der Waals surface area contributed by atoms with Gasteiger partial charge >= 0.3 is 0 Å². The Hall–Kier alpha value is -0.160. The molecule has 0 bridgehead atoms. The average molecular weight is 317 g/mol. The zero-order valence-electron chi connectivity index (χ0n) is 14.7. The first-order chi connectivity index (χ1) is 10.6. The summed E-state index contributed by atoms with van der Waals surface area (Å²) in [4.78, 5) is 0. The smallest absolute Gasteiger partial charge is 0.0665 e. The molecule has 0 aromatic carbocycles. The van der Waals surface area contributed by atoms with Crippen LogP contribution in [0.4, 0.5) is 0 Å². The Morgan fingerprint density at radius 3 is 1.77 bits per heavy atom. The van der Waals surface area contributed by atoms with Crippen LogP contribution in [0.25, 0.3) is 0 Å². The highest BCUT2D eigenvalue weighted by molar-refractivity contribution is 4.85. The van der Waals surface area contributed by atoms with E-state index in [1.165, 1.54) is 12.8 Å². The van der Waals surface area contributed by atoms with Crippen molar-refractivity contribution in [1.82, 2.24) is 0 Å². The molecule has 0 aliphatic heterocycles. The maximum Gasteiger partial charge on any atom is 0.0665 e. The van der Waals surface area contributed by atoms with Gasteiger partial charge in [0.05, 0.1) is 5.66 Å². The summed E-state index contributed by atoms with van der Waals surface area (Å²) in [5, 5.41) is 17.6. The van der Waals surface area contributed by atoms with Crippen molar-refractivity contribution in [2.24, 2.45) is 17.4 Å². The van der Waals surface area contributed by atoms with E-state index in [0.717, 1.165) is 70.6 Å². The molecule has 0 saturated carbocycles. The quantitative estimate of drug-likeness (QED) is 0.260. The van der Waals surface area contributed by atoms with Crippen LogP contribution >= 0.6 is 0 Å². The molecule has 0 aliphatic rings. The maximum absolute atomic E-state index is 8.82. The third-order valence-electron chi connectivity index (χ3n) is 4.64. The molecular formula is C18H40N2O2. The van der Waals surface area contributed by atoms with E-state index in [2.05, 4.69) is 6.92 Å². The van der Waals surface area contributed by atoms with Crippen LogP contribution in [0.15, 0.2) is 0 Å². The molecule has 4 heteroatoms. The van der Waals surface area contributed by atoms with Crippen molar-refractivity contribution in [3.63, 3.8) is 0 Å². The van der Waals surface area contributed by atoms with Gasteiger partial charge in [0.15, 0.2) is 0 Å². The van der Waals surface area contributed by atoms with Crippen molar-refractivity contribution in [2.75, 3.05) is 13.2 Å². The summed E-state index contributed by atoms with van der Waals surface area (Å²) >= 11 is 0. The minimum atomic E-state index is -0.550. The molecular weight excluding hydrogens is 276 g/mol. The topological polar surface area (TPSA) is 92.5 Å². The summed E-state index contributed by atoms with van der Waals surface area (Å²) < 4.78 is 0. The lowest BCUT2D eigenvalue weighted by molar-refractivity contribution is 0.213. The number of hydrogen-bond acceptors (Lipinski definition) is 4. The van der Waals surface area contributed by atoms with Crippen LogP contribution in [0.5, 0.6) is 0 Å². The van der Waals surface area contributed by atoms with E-state index >= 15 is 0 Å². The van der Waals surface area contributed by atoms with Gasteiger partial charge in [-0.05, 0) is 38.0 Å². The lowest BCUT2D eigenvalue weighted by Gasteiger charge is -2.34. The van der Waals surface area contributed by atoms with E-state index in [4.69, 9.17) is 21.7 Å². The first-order valence-corrected chi connectivity index (χ1v) is 9.38. The third kappa shape index (κ3) is 11.4. The van der Waals surface area contributed by atoms with Crippen LogP contribution in [0.2, 0.25) is 0 Å². The van der Waals surface area contributed by atoms with Crippen molar-refractivity contribution in [3.8, 4) is 0 Å². The summed E-state index contributed by atoms with van der Waals surface area (Å²) in [5.41, 5.74) is 12.3. The van der Waals surface area contributed by atoms with Crippen molar-refractivity contribution < 1.29 is 10.2 Å².